The monoisotopic (exact) mass is 236 g/mol. The molecule has 2 saturated heterocycles. The fourth-order valence-electron chi connectivity index (χ4n) is 2.80. The van der Waals surface area contributed by atoms with Crippen LogP contribution < -0.4 is 16.0 Å². The fourth-order valence-corrected chi connectivity index (χ4v) is 2.80. The first-order chi connectivity index (χ1) is 8.26. The molecule has 5 heteroatoms. The number of aromatic nitrogens is 1. The molecule has 92 valence electrons. The van der Waals surface area contributed by atoms with Crippen LogP contribution in [0.1, 0.15) is 18.4 Å². The number of hydrogen-bond acceptors (Lipinski definition) is 4. The van der Waals surface area contributed by atoms with Gasteiger partial charge in [0.15, 0.2) is 0 Å². The Labute approximate surface area is 100 Å². The maximum absolute atomic E-state index is 13.3. The summed E-state index contributed by atoms with van der Waals surface area (Å²) in [6, 6.07) is 2.97. The van der Waals surface area contributed by atoms with Crippen LogP contribution in [0.5, 0.6) is 0 Å². The summed E-state index contributed by atoms with van der Waals surface area (Å²) in [6.07, 6.45) is 4.08. The average molecular weight is 236 g/mol. The van der Waals surface area contributed by atoms with Gasteiger partial charge in [-0.25, -0.2) is 4.98 Å². The van der Waals surface area contributed by atoms with Crippen molar-refractivity contribution in [1.29, 1.82) is 0 Å². The number of nitrogens with one attached hydrogen (secondary N) is 1. The Bertz CT molecular complexity index is 411. The average Bonchev–Trinajstić information content (AvgIpc) is 2.69. The van der Waals surface area contributed by atoms with Crippen LogP contribution in [0.25, 0.3) is 0 Å². The smallest absolute Gasteiger partial charge is 0.217 e. The summed E-state index contributed by atoms with van der Waals surface area (Å²) in [7, 11) is 0. The highest BCUT2D eigenvalue weighted by molar-refractivity contribution is 5.47. The first-order valence-corrected chi connectivity index (χ1v) is 6.12. The minimum Gasteiger partial charge on any atom is -0.367 e. The molecule has 2 aliphatic rings. The highest BCUT2D eigenvalue weighted by Gasteiger charge is 2.32. The molecule has 1 aromatic rings. The van der Waals surface area contributed by atoms with E-state index in [4.69, 9.17) is 5.73 Å². The van der Waals surface area contributed by atoms with Gasteiger partial charge in [0.25, 0.3) is 0 Å². The molecule has 3 heterocycles. The maximum atomic E-state index is 13.3. The normalized spacial score (nSPS) is 27.5. The van der Waals surface area contributed by atoms with Crippen molar-refractivity contribution in [1.82, 2.24) is 10.3 Å². The van der Waals surface area contributed by atoms with E-state index in [1.165, 1.54) is 12.8 Å². The molecular weight excluding hydrogens is 219 g/mol. The Balaban J connectivity index is 1.84. The molecule has 17 heavy (non-hydrogen) atoms. The second kappa shape index (κ2) is 4.23. The molecule has 0 aliphatic carbocycles. The van der Waals surface area contributed by atoms with E-state index < -0.39 is 5.95 Å². The fraction of sp³-hybridized carbons (Fsp3) is 0.583. The molecule has 3 rings (SSSR count). The van der Waals surface area contributed by atoms with Gasteiger partial charge in [0.1, 0.15) is 0 Å². The minimum atomic E-state index is -0.450. The van der Waals surface area contributed by atoms with Crippen LogP contribution in [0, 0.1) is 5.95 Å². The summed E-state index contributed by atoms with van der Waals surface area (Å²) in [4.78, 5) is 6.07. The summed E-state index contributed by atoms with van der Waals surface area (Å²) in [5.74, 6) is -0.450. The van der Waals surface area contributed by atoms with E-state index in [9.17, 15) is 4.39 Å². The predicted molar refractivity (Wildman–Crippen MR) is 64.2 cm³/mol. The van der Waals surface area contributed by atoms with Gasteiger partial charge in [-0.15, -0.1) is 0 Å². The second-order valence-corrected chi connectivity index (χ2v) is 4.89. The van der Waals surface area contributed by atoms with E-state index in [2.05, 4.69) is 15.2 Å². The zero-order valence-corrected chi connectivity index (χ0v) is 9.69. The lowest BCUT2D eigenvalue weighted by Crippen LogP contribution is -2.51. The lowest BCUT2D eigenvalue weighted by Gasteiger charge is -2.34. The topological polar surface area (TPSA) is 54.2 Å². The number of halogens is 1. The van der Waals surface area contributed by atoms with E-state index in [1.54, 1.807) is 6.20 Å². The number of rotatable bonds is 2. The van der Waals surface area contributed by atoms with Crippen LogP contribution in [-0.4, -0.2) is 30.2 Å². The van der Waals surface area contributed by atoms with Gasteiger partial charge in [-0.1, -0.05) is 0 Å². The summed E-state index contributed by atoms with van der Waals surface area (Å²) >= 11 is 0. The Morgan fingerprint density at radius 1 is 1.41 bits per heavy atom. The molecule has 0 aromatic carbocycles. The van der Waals surface area contributed by atoms with Crippen molar-refractivity contribution >= 4 is 5.69 Å². The first-order valence-electron chi connectivity index (χ1n) is 6.12. The van der Waals surface area contributed by atoms with Gasteiger partial charge < -0.3 is 16.0 Å². The van der Waals surface area contributed by atoms with Crippen LogP contribution in [0.2, 0.25) is 0 Å². The summed E-state index contributed by atoms with van der Waals surface area (Å²) < 4.78 is 13.3. The SMILES string of the molecule is NCc1cc(N2CC3CCC(C2)N3)cnc1F. The second-order valence-electron chi connectivity index (χ2n) is 4.89. The third kappa shape index (κ3) is 2.00. The zero-order valence-electron chi connectivity index (χ0n) is 9.69. The zero-order chi connectivity index (χ0) is 11.8. The van der Waals surface area contributed by atoms with Gasteiger partial charge in [-0.2, -0.15) is 4.39 Å². The van der Waals surface area contributed by atoms with Gasteiger partial charge in [0, 0.05) is 37.3 Å². The molecule has 1 aromatic heterocycles. The summed E-state index contributed by atoms with van der Waals surface area (Å²) in [5, 5.41) is 3.57. The van der Waals surface area contributed by atoms with E-state index in [1.807, 2.05) is 6.07 Å². The highest BCUT2D eigenvalue weighted by Crippen LogP contribution is 2.25. The summed E-state index contributed by atoms with van der Waals surface area (Å²) in [6.45, 7) is 2.16. The summed E-state index contributed by atoms with van der Waals surface area (Å²) in [5.41, 5.74) is 6.99. The number of pyridine rings is 1. The Hall–Kier alpha value is -1.20. The molecule has 0 saturated carbocycles. The Kier molecular flexibility index (Phi) is 2.72. The Morgan fingerprint density at radius 2 is 2.12 bits per heavy atom. The van der Waals surface area contributed by atoms with Gasteiger partial charge in [-0.3, -0.25) is 0 Å². The molecule has 0 spiro atoms. The van der Waals surface area contributed by atoms with Gasteiger partial charge in [-0.05, 0) is 18.9 Å². The van der Waals surface area contributed by atoms with Crippen LogP contribution in [-0.2, 0) is 6.54 Å². The third-order valence-corrected chi connectivity index (χ3v) is 3.70. The Morgan fingerprint density at radius 3 is 2.76 bits per heavy atom. The van der Waals surface area contributed by atoms with E-state index in [0.29, 0.717) is 17.6 Å². The molecule has 2 unspecified atom stereocenters. The lowest BCUT2D eigenvalue weighted by molar-refractivity contribution is 0.465. The van der Waals surface area contributed by atoms with Crippen molar-refractivity contribution in [3.8, 4) is 0 Å². The minimum absolute atomic E-state index is 0.200. The van der Waals surface area contributed by atoms with Crippen molar-refractivity contribution < 1.29 is 4.39 Å². The van der Waals surface area contributed by atoms with Crippen LogP contribution in [0.15, 0.2) is 12.3 Å². The number of anilines is 1. The van der Waals surface area contributed by atoms with Crippen LogP contribution >= 0.6 is 0 Å². The molecule has 0 radical (unpaired) electrons. The van der Waals surface area contributed by atoms with Gasteiger partial charge in [0.2, 0.25) is 5.95 Å². The standard InChI is InChI=1S/C12H17FN4/c13-12-8(4-14)3-11(5-15-12)17-6-9-1-2-10(7-17)16-9/h3,5,9-10,16H,1-2,4,6-7,14H2. The van der Waals surface area contributed by atoms with Crippen molar-refractivity contribution in [3.63, 3.8) is 0 Å². The van der Waals surface area contributed by atoms with Crippen molar-refractivity contribution in [2.75, 3.05) is 18.0 Å². The first kappa shape index (κ1) is 10.9. The lowest BCUT2D eigenvalue weighted by atomic mass is 10.2. The molecule has 0 amide bonds. The predicted octanol–water partition coefficient (Wildman–Crippen LogP) is 0.620. The van der Waals surface area contributed by atoms with Crippen LogP contribution in [0.4, 0.5) is 10.1 Å². The van der Waals surface area contributed by atoms with Gasteiger partial charge >= 0.3 is 0 Å². The number of nitrogens with zero attached hydrogens (tertiary/aromatic N) is 2. The van der Waals surface area contributed by atoms with Crippen molar-refractivity contribution in [2.45, 2.75) is 31.5 Å². The molecule has 4 nitrogen and oxygen atoms in total. The quantitative estimate of drug-likeness (QED) is 0.739. The van der Waals surface area contributed by atoms with Crippen molar-refractivity contribution in [3.05, 3.63) is 23.8 Å². The molecule has 2 fully saturated rings. The number of fused-ring (bicyclic) bond motifs is 2. The van der Waals surface area contributed by atoms with E-state index in [0.717, 1.165) is 18.8 Å². The number of piperazine rings is 1. The third-order valence-electron chi connectivity index (χ3n) is 3.70. The maximum Gasteiger partial charge on any atom is 0.217 e. The molecule has 3 N–H and O–H groups in total. The molecule has 2 aliphatic heterocycles. The number of hydrogen-bond donors (Lipinski definition) is 2. The van der Waals surface area contributed by atoms with Gasteiger partial charge in [0.05, 0.1) is 11.9 Å². The largest absolute Gasteiger partial charge is 0.367 e. The highest BCUT2D eigenvalue weighted by atomic mass is 19.1. The molecule has 2 bridgehead atoms. The molecule has 2 atom stereocenters. The van der Waals surface area contributed by atoms with E-state index in [-0.39, 0.29) is 6.54 Å². The number of nitrogens with two attached hydrogens (primary N) is 1. The van der Waals surface area contributed by atoms with E-state index >= 15 is 0 Å². The molecular formula is C12H17FN4. The van der Waals surface area contributed by atoms with Crippen LogP contribution in [0.3, 0.4) is 0 Å². The van der Waals surface area contributed by atoms with Crippen molar-refractivity contribution in [2.24, 2.45) is 5.73 Å².